The highest BCUT2D eigenvalue weighted by atomic mass is 79.9. The van der Waals surface area contributed by atoms with Crippen LogP contribution in [-0.4, -0.2) is 23.0 Å². The van der Waals surface area contributed by atoms with Gasteiger partial charge in [-0.2, -0.15) is 0 Å². The molecular weight excluding hydrogens is 322 g/mol. The van der Waals surface area contributed by atoms with Gasteiger partial charge in [0.2, 0.25) is 0 Å². The lowest BCUT2D eigenvalue weighted by molar-refractivity contribution is 0.0947. The van der Waals surface area contributed by atoms with Crippen LogP contribution in [-0.2, 0) is 6.54 Å². The van der Waals surface area contributed by atoms with Crippen LogP contribution in [0.4, 0.5) is 0 Å². The van der Waals surface area contributed by atoms with Crippen molar-refractivity contribution in [2.75, 3.05) is 7.11 Å². The van der Waals surface area contributed by atoms with Crippen LogP contribution in [0.15, 0.2) is 35.1 Å². The van der Waals surface area contributed by atoms with E-state index in [-0.39, 0.29) is 5.91 Å². The number of ether oxygens (including phenoxy) is 1. The molecule has 2 rings (SSSR count). The number of halogens is 1. The van der Waals surface area contributed by atoms with Gasteiger partial charge < -0.3 is 10.1 Å². The Morgan fingerprint density at radius 1 is 1.35 bits per heavy atom. The van der Waals surface area contributed by atoms with Crippen molar-refractivity contribution in [3.8, 4) is 5.75 Å². The first-order chi connectivity index (χ1) is 9.60. The highest BCUT2D eigenvalue weighted by Gasteiger charge is 2.12. The van der Waals surface area contributed by atoms with Crippen LogP contribution in [0.25, 0.3) is 0 Å². The number of aromatic nitrogens is 2. The first kappa shape index (κ1) is 14.5. The third-order valence-corrected chi connectivity index (χ3v) is 3.17. The number of benzene rings is 1. The fraction of sp³-hybridized carbons (Fsp3) is 0.214. The number of rotatable bonds is 4. The summed E-state index contributed by atoms with van der Waals surface area (Å²) in [5, 5.41) is 2.79. The Bertz CT molecular complexity index is 614. The second-order valence-electron chi connectivity index (χ2n) is 4.18. The van der Waals surface area contributed by atoms with Crippen LogP contribution < -0.4 is 10.1 Å². The van der Waals surface area contributed by atoms with E-state index in [0.717, 1.165) is 10.2 Å². The average molecular weight is 336 g/mol. The summed E-state index contributed by atoms with van der Waals surface area (Å²) in [5.74, 6) is 0.309. The van der Waals surface area contributed by atoms with E-state index in [2.05, 4.69) is 31.2 Å². The zero-order valence-electron chi connectivity index (χ0n) is 11.2. The summed E-state index contributed by atoms with van der Waals surface area (Å²) in [5.41, 5.74) is 2.03. The van der Waals surface area contributed by atoms with E-state index < -0.39 is 0 Å². The molecule has 0 aliphatic rings. The summed E-state index contributed by atoms with van der Waals surface area (Å²) in [6.45, 7) is 2.19. The number of carbonyl (C=O) groups is 1. The molecule has 0 saturated carbocycles. The lowest BCUT2D eigenvalue weighted by Crippen LogP contribution is -2.24. The maximum Gasteiger partial charge on any atom is 0.255 e. The van der Waals surface area contributed by atoms with E-state index >= 15 is 0 Å². The van der Waals surface area contributed by atoms with Gasteiger partial charge in [-0.25, -0.2) is 0 Å². The van der Waals surface area contributed by atoms with Crippen LogP contribution in [0, 0.1) is 6.92 Å². The second-order valence-corrected chi connectivity index (χ2v) is 5.09. The number of amides is 1. The van der Waals surface area contributed by atoms with Gasteiger partial charge in [0.15, 0.2) is 0 Å². The Kier molecular flexibility index (Phi) is 4.68. The molecule has 0 saturated heterocycles. The molecule has 6 heteroatoms. The Labute approximate surface area is 125 Å². The Hall–Kier alpha value is -1.95. The van der Waals surface area contributed by atoms with Crippen molar-refractivity contribution in [1.29, 1.82) is 0 Å². The van der Waals surface area contributed by atoms with Gasteiger partial charge in [-0.3, -0.25) is 14.8 Å². The van der Waals surface area contributed by atoms with Crippen molar-refractivity contribution in [2.24, 2.45) is 0 Å². The predicted molar refractivity (Wildman–Crippen MR) is 78.6 cm³/mol. The fourth-order valence-corrected chi connectivity index (χ4v) is 1.97. The number of methoxy groups -OCH3 is 1. The molecule has 1 aromatic heterocycles. The van der Waals surface area contributed by atoms with Crippen LogP contribution in [0.3, 0.4) is 0 Å². The van der Waals surface area contributed by atoms with Crippen molar-refractivity contribution >= 4 is 21.8 Å². The van der Waals surface area contributed by atoms with Gasteiger partial charge in [-0.05, 0) is 25.1 Å². The third-order valence-electron chi connectivity index (χ3n) is 2.67. The molecule has 0 spiro atoms. The quantitative estimate of drug-likeness (QED) is 0.932. The number of nitrogens with zero attached hydrogens (tertiary/aromatic N) is 2. The molecule has 1 amide bonds. The zero-order chi connectivity index (χ0) is 14.5. The highest BCUT2D eigenvalue weighted by Crippen LogP contribution is 2.23. The molecule has 1 N–H and O–H groups in total. The molecular formula is C14H14BrN3O2. The predicted octanol–water partition coefficient (Wildman–Crippen LogP) is 2.49. The summed E-state index contributed by atoms with van der Waals surface area (Å²) in [6, 6.07) is 5.25. The molecule has 0 aliphatic heterocycles. The Morgan fingerprint density at radius 2 is 2.15 bits per heavy atom. The summed E-state index contributed by atoms with van der Waals surface area (Å²) in [6.07, 6.45) is 3.32. The molecule has 0 aliphatic carbocycles. The van der Waals surface area contributed by atoms with Crippen LogP contribution in [0.2, 0.25) is 0 Å². The van der Waals surface area contributed by atoms with Crippen LogP contribution in [0.5, 0.6) is 5.75 Å². The normalized spacial score (nSPS) is 10.2. The number of hydrogen-bond acceptors (Lipinski definition) is 4. The summed E-state index contributed by atoms with van der Waals surface area (Å²) < 4.78 is 6.05. The van der Waals surface area contributed by atoms with E-state index in [1.165, 1.54) is 7.11 Å². The SMILES string of the molecule is COc1cc(Br)ccc1C(=O)NCc1cnc(C)cn1. The van der Waals surface area contributed by atoms with E-state index in [1.807, 2.05) is 6.92 Å². The van der Waals surface area contributed by atoms with Gasteiger partial charge in [0, 0.05) is 10.7 Å². The van der Waals surface area contributed by atoms with E-state index in [9.17, 15) is 4.79 Å². The van der Waals surface area contributed by atoms with Gasteiger partial charge in [-0.1, -0.05) is 15.9 Å². The molecule has 1 aromatic carbocycles. The molecule has 1 heterocycles. The Morgan fingerprint density at radius 3 is 2.80 bits per heavy atom. The van der Waals surface area contributed by atoms with Gasteiger partial charge in [-0.15, -0.1) is 0 Å². The number of carbonyl (C=O) groups excluding carboxylic acids is 1. The average Bonchev–Trinajstić information content (AvgIpc) is 2.46. The topological polar surface area (TPSA) is 64.1 Å². The number of aryl methyl sites for hydroxylation is 1. The molecule has 0 bridgehead atoms. The largest absolute Gasteiger partial charge is 0.496 e. The van der Waals surface area contributed by atoms with Crippen LogP contribution >= 0.6 is 15.9 Å². The van der Waals surface area contributed by atoms with Gasteiger partial charge >= 0.3 is 0 Å². The minimum Gasteiger partial charge on any atom is -0.496 e. The summed E-state index contributed by atoms with van der Waals surface area (Å²) in [7, 11) is 1.53. The molecule has 5 nitrogen and oxygen atoms in total. The third kappa shape index (κ3) is 3.54. The smallest absolute Gasteiger partial charge is 0.255 e. The molecule has 0 fully saturated rings. The van der Waals surface area contributed by atoms with E-state index in [1.54, 1.807) is 30.6 Å². The lowest BCUT2D eigenvalue weighted by Gasteiger charge is -2.09. The lowest BCUT2D eigenvalue weighted by atomic mass is 10.2. The summed E-state index contributed by atoms with van der Waals surface area (Å²) in [4.78, 5) is 20.4. The monoisotopic (exact) mass is 335 g/mol. The number of hydrogen-bond donors (Lipinski definition) is 1. The minimum atomic E-state index is -0.211. The molecule has 104 valence electrons. The fourth-order valence-electron chi connectivity index (χ4n) is 1.63. The van der Waals surface area contributed by atoms with Gasteiger partial charge in [0.25, 0.3) is 5.91 Å². The number of nitrogens with one attached hydrogen (secondary N) is 1. The standard InChI is InChI=1S/C14H14BrN3O2/c1-9-6-17-11(7-16-9)8-18-14(19)12-4-3-10(15)5-13(12)20-2/h3-7H,8H2,1-2H3,(H,18,19). The maximum atomic E-state index is 12.1. The minimum absolute atomic E-state index is 0.211. The van der Waals surface area contributed by atoms with Gasteiger partial charge in [0.05, 0.1) is 36.8 Å². The van der Waals surface area contributed by atoms with Crippen molar-refractivity contribution in [3.05, 3.63) is 52.0 Å². The van der Waals surface area contributed by atoms with Gasteiger partial charge in [0.1, 0.15) is 5.75 Å². The van der Waals surface area contributed by atoms with E-state index in [4.69, 9.17) is 4.74 Å². The Balaban J connectivity index is 2.07. The van der Waals surface area contributed by atoms with Crippen molar-refractivity contribution < 1.29 is 9.53 Å². The summed E-state index contributed by atoms with van der Waals surface area (Å²) >= 11 is 3.34. The first-order valence-electron chi connectivity index (χ1n) is 5.99. The molecule has 2 aromatic rings. The van der Waals surface area contributed by atoms with Crippen LogP contribution in [0.1, 0.15) is 21.7 Å². The molecule has 0 atom stereocenters. The second kappa shape index (κ2) is 6.47. The maximum absolute atomic E-state index is 12.1. The molecule has 0 radical (unpaired) electrons. The first-order valence-corrected chi connectivity index (χ1v) is 6.78. The van der Waals surface area contributed by atoms with Crippen molar-refractivity contribution in [1.82, 2.24) is 15.3 Å². The molecule has 20 heavy (non-hydrogen) atoms. The van der Waals surface area contributed by atoms with E-state index in [0.29, 0.717) is 23.6 Å². The van der Waals surface area contributed by atoms with Crippen molar-refractivity contribution in [2.45, 2.75) is 13.5 Å². The highest BCUT2D eigenvalue weighted by molar-refractivity contribution is 9.10. The molecule has 0 unspecified atom stereocenters. The zero-order valence-corrected chi connectivity index (χ0v) is 12.8. The van der Waals surface area contributed by atoms with Crippen molar-refractivity contribution in [3.63, 3.8) is 0 Å².